The third-order valence-electron chi connectivity index (χ3n) is 2.86. The normalized spacial score (nSPS) is 10.5. The SMILES string of the molecule is c1ccc(CCn2ncnc2-c2cnccn2)cc1. The van der Waals surface area contributed by atoms with Crippen LogP contribution >= 0.6 is 0 Å². The van der Waals surface area contributed by atoms with Gasteiger partial charge in [-0.25, -0.2) is 14.6 Å². The van der Waals surface area contributed by atoms with Gasteiger partial charge in [-0.3, -0.25) is 4.98 Å². The van der Waals surface area contributed by atoms with Crippen LogP contribution in [0.15, 0.2) is 55.2 Å². The van der Waals surface area contributed by atoms with Gasteiger partial charge in [0.05, 0.1) is 6.20 Å². The van der Waals surface area contributed by atoms with Crippen LogP contribution in [-0.4, -0.2) is 24.7 Å². The molecule has 5 nitrogen and oxygen atoms in total. The van der Waals surface area contributed by atoms with Gasteiger partial charge in [-0.2, -0.15) is 5.10 Å². The first-order chi connectivity index (χ1) is 9.43. The topological polar surface area (TPSA) is 56.5 Å². The van der Waals surface area contributed by atoms with Crippen LogP contribution in [0.5, 0.6) is 0 Å². The lowest BCUT2D eigenvalue weighted by Crippen LogP contribution is -2.06. The van der Waals surface area contributed by atoms with E-state index in [0.29, 0.717) is 0 Å². The zero-order chi connectivity index (χ0) is 12.9. The largest absolute Gasteiger partial charge is 0.261 e. The van der Waals surface area contributed by atoms with E-state index in [1.54, 1.807) is 24.9 Å². The van der Waals surface area contributed by atoms with Crippen LogP contribution in [0.1, 0.15) is 5.56 Å². The van der Waals surface area contributed by atoms with E-state index in [2.05, 4.69) is 32.2 Å². The van der Waals surface area contributed by atoms with Crippen molar-refractivity contribution in [1.82, 2.24) is 24.7 Å². The predicted molar refractivity (Wildman–Crippen MR) is 71.2 cm³/mol. The molecule has 94 valence electrons. The summed E-state index contributed by atoms with van der Waals surface area (Å²) in [4.78, 5) is 12.6. The van der Waals surface area contributed by atoms with Crippen molar-refractivity contribution in [2.24, 2.45) is 0 Å². The van der Waals surface area contributed by atoms with Crippen LogP contribution in [0.4, 0.5) is 0 Å². The van der Waals surface area contributed by atoms with Gasteiger partial charge in [0.2, 0.25) is 0 Å². The van der Waals surface area contributed by atoms with Crippen LogP contribution in [0.3, 0.4) is 0 Å². The molecule has 0 saturated heterocycles. The van der Waals surface area contributed by atoms with Crippen LogP contribution < -0.4 is 0 Å². The summed E-state index contributed by atoms with van der Waals surface area (Å²) in [5.74, 6) is 0.754. The van der Waals surface area contributed by atoms with Crippen molar-refractivity contribution in [3.63, 3.8) is 0 Å². The second kappa shape index (κ2) is 5.39. The van der Waals surface area contributed by atoms with Gasteiger partial charge in [0, 0.05) is 18.9 Å². The summed E-state index contributed by atoms with van der Waals surface area (Å²) in [5, 5.41) is 4.25. The third kappa shape index (κ3) is 2.65. The standard InChI is InChI=1S/C14H13N5/c1-2-4-12(5-3-1)6-9-19-14(17-11-18-19)13-10-15-7-8-16-13/h1-5,7-8,10-11H,6,9H2. The summed E-state index contributed by atoms with van der Waals surface area (Å²) in [6.45, 7) is 0.774. The van der Waals surface area contributed by atoms with Crippen molar-refractivity contribution in [2.75, 3.05) is 0 Å². The first kappa shape index (κ1) is 11.5. The molecule has 0 aliphatic heterocycles. The number of aryl methyl sites for hydroxylation is 2. The number of hydrogen-bond donors (Lipinski definition) is 0. The van der Waals surface area contributed by atoms with Crippen molar-refractivity contribution >= 4 is 0 Å². The fraction of sp³-hybridized carbons (Fsp3) is 0.143. The number of benzene rings is 1. The molecule has 0 spiro atoms. The summed E-state index contributed by atoms with van der Waals surface area (Å²) < 4.78 is 1.86. The maximum atomic E-state index is 4.25. The van der Waals surface area contributed by atoms with Gasteiger partial charge in [-0.15, -0.1) is 0 Å². The highest BCUT2D eigenvalue weighted by Gasteiger charge is 2.08. The second-order valence-corrected chi connectivity index (χ2v) is 4.13. The zero-order valence-corrected chi connectivity index (χ0v) is 10.3. The van der Waals surface area contributed by atoms with E-state index >= 15 is 0 Å². The smallest absolute Gasteiger partial charge is 0.178 e. The molecule has 0 radical (unpaired) electrons. The Bertz CT molecular complexity index is 633. The summed E-state index contributed by atoms with van der Waals surface area (Å²) >= 11 is 0. The molecule has 0 N–H and O–H groups in total. The van der Waals surface area contributed by atoms with Crippen molar-refractivity contribution in [1.29, 1.82) is 0 Å². The van der Waals surface area contributed by atoms with Gasteiger partial charge >= 0.3 is 0 Å². The minimum Gasteiger partial charge on any atom is -0.261 e. The molecule has 0 atom stereocenters. The second-order valence-electron chi connectivity index (χ2n) is 4.13. The van der Waals surface area contributed by atoms with E-state index < -0.39 is 0 Å². The molecule has 0 saturated carbocycles. The van der Waals surface area contributed by atoms with Gasteiger partial charge < -0.3 is 0 Å². The van der Waals surface area contributed by atoms with Gasteiger partial charge in [-0.1, -0.05) is 30.3 Å². The van der Waals surface area contributed by atoms with E-state index in [9.17, 15) is 0 Å². The molecule has 1 aromatic carbocycles. The number of rotatable bonds is 4. The molecule has 0 aliphatic carbocycles. The lowest BCUT2D eigenvalue weighted by atomic mass is 10.1. The van der Waals surface area contributed by atoms with Crippen molar-refractivity contribution < 1.29 is 0 Å². The average Bonchev–Trinajstić information content (AvgIpc) is 2.95. The summed E-state index contributed by atoms with van der Waals surface area (Å²) in [6, 6.07) is 10.3. The molecule has 2 aromatic heterocycles. The number of nitrogens with zero attached hydrogens (tertiary/aromatic N) is 5. The Labute approximate surface area is 111 Å². The summed E-state index contributed by atoms with van der Waals surface area (Å²) in [5.41, 5.74) is 2.02. The molecule has 3 rings (SSSR count). The highest BCUT2D eigenvalue weighted by atomic mass is 15.3. The summed E-state index contributed by atoms with van der Waals surface area (Å²) in [7, 11) is 0. The Kier molecular flexibility index (Phi) is 3.27. The number of hydrogen-bond acceptors (Lipinski definition) is 4. The Hall–Kier alpha value is -2.56. The Morgan fingerprint density at radius 2 is 1.89 bits per heavy atom. The summed E-state index contributed by atoms with van der Waals surface area (Å²) in [6.07, 6.45) is 7.47. The molecule has 0 amide bonds. The zero-order valence-electron chi connectivity index (χ0n) is 10.3. The molecule has 0 fully saturated rings. The maximum absolute atomic E-state index is 4.25. The van der Waals surface area contributed by atoms with E-state index in [1.165, 1.54) is 5.56 Å². The number of aromatic nitrogens is 5. The third-order valence-corrected chi connectivity index (χ3v) is 2.86. The van der Waals surface area contributed by atoms with Crippen LogP contribution in [-0.2, 0) is 13.0 Å². The van der Waals surface area contributed by atoms with Gasteiger partial charge in [0.15, 0.2) is 5.82 Å². The van der Waals surface area contributed by atoms with Crippen LogP contribution in [0.2, 0.25) is 0 Å². The monoisotopic (exact) mass is 251 g/mol. The van der Waals surface area contributed by atoms with E-state index in [1.807, 2.05) is 22.9 Å². The first-order valence-electron chi connectivity index (χ1n) is 6.11. The van der Waals surface area contributed by atoms with E-state index in [4.69, 9.17) is 0 Å². The van der Waals surface area contributed by atoms with Crippen LogP contribution in [0, 0.1) is 0 Å². The minimum absolute atomic E-state index is 0.744. The fourth-order valence-corrected chi connectivity index (χ4v) is 1.92. The predicted octanol–water partition coefficient (Wildman–Crippen LogP) is 1.98. The fourth-order valence-electron chi connectivity index (χ4n) is 1.92. The molecule has 5 heteroatoms. The lowest BCUT2D eigenvalue weighted by molar-refractivity contribution is 0.619. The molecule has 3 aromatic rings. The Morgan fingerprint density at radius 1 is 1.00 bits per heavy atom. The first-order valence-corrected chi connectivity index (χ1v) is 6.11. The van der Waals surface area contributed by atoms with Gasteiger partial charge in [0.25, 0.3) is 0 Å². The molecule has 19 heavy (non-hydrogen) atoms. The Balaban J connectivity index is 1.78. The van der Waals surface area contributed by atoms with Crippen molar-refractivity contribution in [3.05, 3.63) is 60.8 Å². The molecule has 0 bridgehead atoms. The van der Waals surface area contributed by atoms with Gasteiger partial charge in [0.1, 0.15) is 12.0 Å². The maximum Gasteiger partial charge on any atom is 0.178 e. The molecule has 2 heterocycles. The lowest BCUT2D eigenvalue weighted by Gasteiger charge is -2.05. The molecule has 0 unspecified atom stereocenters. The molecular formula is C14H13N5. The minimum atomic E-state index is 0.744. The quantitative estimate of drug-likeness (QED) is 0.711. The molecular weight excluding hydrogens is 238 g/mol. The van der Waals surface area contributed by atoms with E-state index in [-0.39, 0.29) is 0 Å². The molecule has 0 aliphatic rings. The Morgan fingerprint density at radius 3 is 2.68 bits per heavy atom. The van der Waals surface area contributed by atoms with Crippen molar-refractivity contribution in [3.8, 4) is 11.5 Å². The van der Waals surface area contributed by atoms with Gasteiger partial charge in [-0.05, 0) is 12.0 Å². The van der Waals surface area contributed by atoms with Crippen LogP contribution in [0.25, 0.3) is 11.5 Å². The van der Waals surface area contributed by atoms with E-state index in [0.717, 1.165) is 24.5 Å². The van der Waals surface area contributed by atoms with Crippen molar-refractivity contribution in [2.45, 2.75) is 13.0 Å². The highest BCUT2D eigenvalue weighted by molar-refractivity contribution is 5.46. The highest BCUT2D eigenvalue weighted by Crippen LogP contribution is 2.12. The average molecular weight is 251 g/mol.